The summed E-state index contributed by atoms with van der Waals surface area (Å²) >= 11 is 0. The number of benzene rings is 1. The minimum Gasteiger partial charge on any atom is -0.378 e. The number of likely N-dealkylation sites (N-methyl/N-ethyl adjacent to an activating group) is 1. The maximum absolute atomic E-state index is 15.5. The molecule has 0 saturated carbocycles. The number of dihydropyridines is 1. The van der Waals surface area contributed by atoms with Crippen LogP contribution in [-0.2, 0) is 9.53 Å². The van der Waals surface area contributed by atoms with E-state index >= 15 is 4.39 Å². The lowest BCUT2D eigenvalue weighted by Crippen LogP contribution is -2.44. The van der Waals surface area contributed by atoms with Crippen molar-refractivity contribution in [2.24, 2.45) is 0 Å². The second-order valence-corrected chi connectivity index (χ2v) is 9.59. The Morgan fingerprint density at radius 3 is 2.44 bits per heavy atom. The molecule has 1 amide bonds. The van der Waals surface area contributed by atoms with E-state index < -0.39 is 23.7 Å². The summed E-state index contributed by atoms with van der Waals surface area (Å²) in [6.45, 7) is 8.85. The number of amides is 1. The van der Waals surface area contributed by atoms with Crippen molar-refractivity contribution in [3.8, 4) is 11.1 Å². The molecule has 39 heavy (non-hydrogen) atoms. The number of allylic oxidation sites excluding steroid dienone is 1. The van der Waals surface area contributed by atoms with Crippen molar-refractivity contribution < 1.29 is 22.7 Å². The smallest absolute Gasteiger partial charge is 0.264 e. The van der Waals surface area contributed by atoms with Crippen LogP contribution in [0.3, 0.4) is 0 Å². The molecule has 2 saturated heterocycles. The highest BCUT2D eigenvalue weighted by atomic mass is 19.3. The van der Waals surface area contributed by atoms with Gasteiger partial charge in [-0.2, -0.15) is 0 Å². The van der Waals surface area contributed by atoms with Gasteiger partial charge in [0.25, 0.3) is 12.3 Å². The van der Waals surface area contributed by atoms with Gasteiger partial charge in [-0.05, 0) is 25.3 Å². The lowest BCUT2D eigenvalue weighted by Gasteiger charge is -2.35. The van der Waals surface area contributed by atoms with Crippen LogP contribution in [0.5, 0.6) is 0 Å². The molecule has 0 atom stereocenters. The Morgan fingerprint density at radius 1 is 1.08 bits per heavy atom. The van der Waals surface area contributed by atoms with Crippen molar-refractivity contribution in [2.75, 3.05) is 74.6 Å². The summed E-state index contributed by atoms with van der Waals surface area (Å²) in [4.78, 5) is 28.2. The lowest BCUT2D eigenvalue weighted by atomic mass is 10.0. The van der Waals surface area contributed by atoms with E-state index in [0.29, 0.717) is 62.3 Å². The Labute approximate surface area is 224 Å². The average Bonchev–Trinajstić information content (AvgIpc) is 2.94. The third-order valence-corrected chi connectivity index (χ3v) is 6.94. The fourth-order valence-corrected chi connectivity index (χ4v) is 4.70. The van der Waals surface area contributed by atoms with Crippen LogP contribution < -0.4 is 20.4 Å². The van der Waals surface area contributed by atoms with E-state index in [4.69, 9.17) is 4.74 Å². The second kappa shape index (κ2) is 11.5. The Morgan fingerprint density at radius 2 is 1.77 bits per heavy atom. The number of morpholine rings is 1. The highest BCUT2D eigenvalue weighted by molar-refractivity contribution is 6.09. The minimum absolute atomic E-state index is 0.186. The lowest BCUT2D eigenvalue weighted by molar-refractivity contribution is -0.112. The Hall–Kier alpha value is -3.90. The van der Waals surface area contributed by atoms with Gasteiger partial charge in [-0.1, -0.05) is 6.58 Å². The molecule has 3 aliphatic rings. The molecule has 0 unspecified atom stereocenters. The summed E-state index contributed by atoms with van der Waals surface area (Å²) in [5.41, 5.74) is 0.984. The summed E-state index contributed by atoms with van der Waals surface area (Å²) in [6.07, 6.45) is 2.55. The van der Waals surface area contributed by atoms with Crippen molar-refractivity contribution in [2.45, 2.75) is 6.43 Å². The molecule has 0 spiro atoms. The van der Waals surface area contributed by atoms with E-state index in [-0.39, 0.29) is 16.8 Å². The predicted octanol–water partition coefficient (Wildman–Crippen LogP) is 3.00. The topological polar surface area (TPSA) is 85.9 Å². The first kappa shape index (κ1) is 26.7. The number of halogens is 3. The third-order valence-electron chi connectivity index (χ3n) is 6.94. The van der Waals surface area contributed by atoms with Crippen molar-refractivity contribution in [1.82, 2.24) is 20.2 Å². The maximum atomic E-state index is 15.5. The van der Waals surface area contributed by atoms with Crippen LogP contribution in [0.4, 0.5) is 30.5 Å². The molecule has 0 bridgehead atoms. The number of carbonyl (C=O) groups is 1. The van der Waals surface area contributed by atoms with Crippen LogP contribution in [0.25, 0.3) is 11.1 Å². The highest BCUT2D eigenvalue weighted by Gasteiger charge is 2.27. The minimum atomic E-state index is -2.87. The molecule has 206 valence electrons. The molecule has 9 nitrogen and oxygen atoms in total. The number of nitrogens with one attached hydrogen (secondary N) is 2. The summed E-state index contributed by atoms with van der Waals surface area (Å²) in [7, 11) is 2.00. The second-order valence-electron chi connectivity index (χ2n) is 9.59. The van der Waals surface area contributed by atoms with Crippen LogP contribution in [0.1, 0.15) is 0 Å². The first-order valence-corrected chi connectivity index (χ1v) is 12.7. The molecule has 2 N–H and O–H groups in total. The number of aromatic nitrogens is 2. The van der Waals surface area contributed by atoms with Gasteiger partial charge in [0.2, 0.25) is 5.95 Å². The number of nitrogens with zero attached hydrogens (tertiary/aromatic N) is 5. The first-order valence-electron chi connectivity index (χ1n) is 12.7. The van der Waals surface area contributed by atoms with Crippen LogP contribution in [0, 0.1) is 5.82 Å². The SMILES string of the molecule is C=C1C=C(C(F)F)C(C(=O)Nc2cc(-c3cnc(N4CCOCC4)nc3)c(F)cc2N2CCN(C)CC2)=CN1. The summed E-state index contributed by atoms with van der Waals surface area (Å²) < 4.78 is 48.3. The van der Waals surface area contributed by atoms with E-state index in [1.807, 2.05) is 16.8 Å². The molecule has 0 aliphatic carbocycles. The van der Waals surface area contributed by atoms with Gasteiger partial charge in [-0.25, -0.2) is 23.1 Å². The van der Waals surface area contributed by atoms with Gasteiger partial charge in [-0.15, -0.1) is 0 Å². The fraction of sp³-hybridized carbons (Fsp3) is 0.370. The maximum Gasteiger partial charge on any atom is 0.264 e. The normalized spacial score (nSPS) is 18.5. The molecule has 4 heterocycles. The Bertz CT molecular complexity index is 1300. The fourth-order valence-electron chi connectivity index (χ4n) is 4.70. The number of alkyl halides is 2. The molecule has 5 rings (SSSR count). The van der Waals surface area contributed by atoms with E-state index in [2.05, 4.69) is 32.1 Å². The Kier molecular flexibility index (Phi) is 7.84. The molecule has 12 heteroatoms. The number of anilines is 3. The molecule has 1 aromatic heterocycles. The average molecular weight is 542 g/mol. The van der Waals surface area contributed by atoms with Gasteiger partial charge in [0.15, 0.2) is 0 Å². The standard InChI is InChI=1S/C27H30F3N7O2/c1-17-11-20(25(29)30)21(16-31-17)26(38)34-23-12-19(22(28)13-24(23)36-5-3-35(2)4-6-36)18-14-32-27(33-15-18)37-7-9-39-10-8-37/h11-16,25,31H,1,3-10H2,2H3,(H,34,38). The zero-order valence-corrected chi connectivity index (χ0v) is 21.6. The predicted molar refractivity (Wildman–Crippen MR) is 143 cm³/mol. The van der Waals surface area contributed by atoms with E-state index in [0.717, 1.165) is 19.2 Å². The third kappa shape index (κ3) is 5.91. The van der Waals surface area contributed by atoms with Crippen LogP contribution in [0.2, 0.25) is 0 Å². The number of rotatable bonds is 6. The number of carbonyl (C=O) groups excluding carboxylic acids is 1. The van der Waals surface area contributed by atoms with Gasteiger partial charge >= 0.3 is 0 Å². The number of hydrogen-bond donors (Lipinski definition) is 2. The van der Waals surface area contributed by atoms with Crippen LogP contribution >= 0.6 is 0 Å². The van der Waals surface area contributed by atoms with E-state index in [1.165, 1.54) is 30.7 Å². The van der Waals surface area contributed by atoms with E-state index in [9.17, 15) is 13.6 Å². The number of piperazine rings is 1. The van der Waals surface area contributed by atoms with E-state index in [1.54, 1.807) is 0 Å². The molecular weight excluding hydrogens is 511 g/mol. The van der Waals surface area contributed by atoms with Crippen LogP contribution in [-0.4, -0.2) is 86.7 Å². The zero-order valence-electron chi connectivity index (χ0n) is 21.6. The number of ether oxygens (including phenoxy) is 1. The molecule has 2 fully saturated rings. The van der Waals surface area contributed by atoms with Crippen molar-refractivity contribution in [3.63, 3.8) is 0 Å². The van der Waals surface area contributed by atoms with Gasteiger partial charge in [0.05, 0.1) is 30.2 Å². The van der Waals surface area contributed by atoms with Crippen LogP contribution in [0.15, 0.2) is 60.2 Å². The first-order chi connectivity index (χ1) is 18.8. The number of hydrogen-bond acceptors (Lipinski definition) is 8. The molecule has 1 aromatic carbocycles. The molecular formula is C27H30F3N7O2. The molecule has 0 radical (unpaired) electrons. The molecule has 3 aliphatic heterocycles. The summed E-state index contributed by atoms with van der Waals surface area (Å²) in [5, 5.41) is 5.47. The van der Waals surface area contributed by atoms with Gasteiger partial charge in [0.1, 0.15) is 5.82 Å². The Balaban J connectivity index is 1.48. The largest absolute Gasteiger partial charge is 0.378 e. The quantitative estimate of drug-likeness (QED) is 0.578. The highest BCUT2D eigenvalue weighted by Crippen LogP contribution is 2.36. The van der Waals surface area contributed by atoms with Crippen molar-refractivity contribution >= 4 is 23.2 Å². The summed E-state index contributed by atoms with van der Waals surface area (Å²) in [5.74, 6) is -0.726. The monoisotopic (exact) mass is 541 g/mol. The van der Waals surface area contributed by atoms with Gasteiger partial charge < -0.3 is 30.1 Å². The molecule has 2 aromatic rings. The zero-order chi connectivity index (χ0) is 27.5. The van der Waals surface area contributed by atoms with Crippen molar-refractivity contribution in [1.29, 1.82) is 0 Å². The summed E-state index contributed by atoms with van der Waals surface area (Å²) in [6, 6.07) is 2.88. The van der Waals surface area contributed by atoms with Crippen molar-refractivity contribution in [3.05, 3.63) is 66.0 Å². The van der Waals surface area contributed by atoms with Gasteiger partial charge in [-0.3, -0.25) is 4.79 Å². The van der Waals surface area contributed by atoms with Gasteiger partial charge in [0, 0.05) is 80.3 Å².